The average Bonchev–Trinajstić information content (AvgIpc) is 3.08. The predicted molar refractivity (Wildman–Crippen MR) is 147 cm³/mol. The molecule has 3 aromatic carbocycles. The third kappa shape index (κ3) is 6.58. The first kappa shape index (κ1) is 26.9. The first-order valence-electron chi connectivity index (χ1n) is 13.0. The van der Waals surface area contributed by atoms with Crippen LogP contribution in [0.1, 0.15) is 36.5 Å². The minimum absolute atomic E-state index is 0.100. The Morgan fingerprint density at radius 3 is 2.47 bits per heavy atom. The van der Waals surface area contributed by atoms with Crippen molar-refractivity contribution in [1.29, 1.82) is 0 Å². The number of aliphatic hydroxyl groups is 1. The number of nitrogens with one attached hydrogen (secondary N) is 3. The van der Waals surface area contributed by atoms with Crippen LogP contribution in [0.15, 0.2) is 72.8 Å². The van der Waals surface area contributed by atoms with E-state index in [2.05, 4.69) is 16.0 Å². The summed E-state index contributed by atoms with van der Waals surface area (Å²) in [5.74, 6) is -0.227. The van der Waals surface area contributed by atoms with E-state index in [0.717, 1.165) is 39.9 Å². The van der Waals surface area contributed by atoms with Gasteiger partial charge >= 0.3 is 6.03 Å². The zero-order valence-corrected chi connectivity index (χ0v) is 21.6. The van der Waals surface area contributed by atoms with Gasteiger partial charge in [0.05, 0.1) is 13.2 Å². The Bertz CT molecular complexity index is 1280. The van der Waals surface area contributed by atoms with E-state index >= 15 is 0 Å². The van der Waals surface area contributed by atoms with Gasteiger partial charge in [0.2, 0.25) is 11.8 Å². The fourth-order valence-corrected chi connectivity index (χ4v) is 4.64. The monoisotopic (exact) mass is 514 g/mol. The third-order valence-electron chi connectivity index (χ3n) is 6.66. The van der Waals surface area contributed by atoms with Gasteiger partial charge in [-0.25, -0.2) is 4.79 Å². The highest BCUT2D eigenvalue weighted by Gasteiger charge is 2.31. The van der Waals surface area contributed by atoms with Crippen molar-refractivity contribution in [2.45, 2.75) is 45.3 Å². The van der Waals surface area contributed by atoms with Gasteiger partial charge in [-0.05, 0) is 46.7 Å². The van der Waals surface area contributed by atoms with E-state index in [1.807, 2.05) is 72.8 Å². The summed E-state index contributed by atoms with van der Waals surface area (Å²) < 4.78 is 0. The molecule has 4 amide bonds. The molecule has 0 spiro atoms. The Morgan fingerprint density at radius 2 is 1.71 bits per heavy atom. The lowest BCUT2D eigenvalue weighted by molar-refractivity contribution is -0.127. The van der Waals surface area contributed by atoms with Crippen LogP contribution in [0, 0.1) is 0 Å². The fraction of sp³-hybridized carbons (Fsp3) is 0.300. The fourth-order valence-electron chi connectivity index (χ4n) is 4.64. The molecule has 0 aromatic heterocycles. The van der Waals surface area contributed by atoms with E-state index < -0.39 is 6.04 Å². The number of hydrogen-bond acceptors (Lipinski definition) is 4. The molecule has 38 heavy (non-hydrogen) atoms. The van der Waals surface area contributed by atoms with Crippen LogP contribution in [0.3, 0.4) is 0 Å². The minimum atomic E-state index is -0.553. The van der Waals surface area contributed by atoms with Crippen molar-refractivity contribution in [2.75, 3.05) is 18.1 Å². The van der Waals surface area contributed by atoms with Crippen LogP contribution in [0.25, 0.3) is 11.1 Å². The number of aryl methyl sites for hydroxylation is 1. The Kier molecular flexibility index (Phi) is 9.11. The number of rotatable bonds is 9. The minimum Gasteiger partial charge on any atom is -0.395 e. The molecule has 4 N–H and O–H groups in total. The molecule has 0 saturated carbocycles. The molecule has 1 aliphatic heterocycles. The molecule has 8 nitrogen and oxygen atoms in total. The maximum absolute atomic E-state index is 13.5. The summed E-state index contributed by atoms with van der Waals surface area (Å²) in [6.45, 7) is 2.61. The second-order valence-electron chi connectivity index (χ2n) is 9.25. The molecule has 1 aliphatic rings. The van der Waals surface area contributed by atoms with Gasteiger partial charge in [-0.15, -0.1) is 0 Å². The van der Waals surface area contributed by atoms with Crippen LogP contribution < -0.4 is 20.9 Å². The van der Waals surface area contributed by atoms with E-state index in [0.29, 0.717) is 25.9 Å². The topological polar surface area (TPSA) is 111 Å². The highest BCUT2D eigenvalue weighted by Crippen LogP contribution is 2.30. The maximum atomic E-state index is 13.5. The number of carbonyl (C=O) groups excluding carboxylic acids is 3. The molecule has 0 aliphatic carbocycles. The number of amides is 4. The molecule has 1 heterocycles. The van der Waals surface area contributed by atoms with E-state index in [-0.39, 0.29) is 31.0 Å². The van der Waals surface area contributed by atoms with Crippen LogP contribution in [0.4, 0.5) is 10.5 Å². The number of para-hydroxylation sites is 1. The molecule has 198 valence electrons. The predicted octanol–water partition coefficient (Wildman–Crippen LogP) is 3.52. The van der Waals surface area contributed by atoms with Crippen molar-refractivity contribution >= 4 is 23.5 Å². The van der Waals surface area contributed by atoms with Gasteiger partial charge in [-0.3, -0.25) is 9.59 Å². The molecule has 4 rings (SSSR count). The zero-order chi connectivity index (χ0) is 26.9. The maximum Gasteiger partial charge on any atom is 0.315 e. The summed E-state index contributed by atoms with van der Waals surface area (Å²) in [6, 6.07) is 22.9. The van der Waals surface area contributed by atoms with Crippen molar-refractivity contribution < 1.29 is 19.5 Å². The van der Waals surface area contributed by atoms with Crippen molar-refractivity contribution in [3.05, 3.63) is 89.5 Å². The Morgan fingerprint density at radius 1 is 0.974 bits per heavy atom. The summed E-state index contributed by atoms with van der Waals surface area (Å²) in [7, 11) is 0. The van der Waals surface area contributed by atoms with Gasteiger partial charge in [-0.2, -0.15) is 0 Å². The Hall–Kier alpha value is -4.17. The van der Waals surface area contributed by atoms with E-state index in [9.17, 15) is 14.4 Å². The molecular weight excluding hydrogens is 480 g/mol. The molecule has 0 fully saturated rings. The summed E-state index contributed by atoms with van der Waals surface area (Å²) in [6.07, 6.45) is 1.62. The van der Waals surface area contributed by atoms with Gasteiger partial charge < -0.3 is 26.0 Å². The summed E-state index contributed by atoms with van der Waals surface area (Å²) in [5.41, 5.74) is 5.91. The highest BCUT2D eigenvalue weighted by atomic mass is 16.3. The molecule has 0 radical (unpaired) electrons. The smallest absolute Gasteiger partial charge is 0.315 e. The summed E-state index contributed by atoms with van der Waals surface area (Å²) >= 11 is 0. The summed E-state index contributed by atoms with van der Waals surface area (Å²) in [5, 5.41) is 17.2. The SMILES string of the molecule is CCC(=O)N[C@@H]1CCc2ccccc2N(Cc2ccc(-c3ccccc3CNC(=O)NCCO)cc2)C1=O. The molecule has 0 unspecified atom stereocenters. The number of fused-ring (bicyclic) bond motifs is 1. The van der Waals surface area contributed by atoms with Gasteiger partial charge in [0.15, 0.2) is 0 Å². The Labute approximate surface area is 223 Å². The van der Waals surface area contributed by atoms with Crippen molar-refractivity contribution in [3.8, 4) is 11.1 Å². The average molecular weight is 515 g/mol. The molecule has 0 bridgehead atoms. The van der Waals surface area contributed by atoms with Crippen LogP contribution in [-0.4, -0.2) is 42.1 Å². The second-order valence-corrected chi connectivity index (χ2v) is 9.25. The number of benzene rings is 3. The van der Waals surface area contributed by atoms with Crippen LogP contribution in [0.5, 0.6) is 0 Å². The molecule has 3 aromatic rings. The number of nitrogens with zero attached hydrogens (tertiary/aromatic N) is 1. The number of aliphatic hydroxyl groups excluding tert-OH is 1. The van der Waals surface area contributed by atoms with Crippen molar-refractivity contribution in [3.63, 3.8) is 0 Å². The van der Waals surface area contributed by atoms with Crippen LogP contribution in [0.2, 0.25) is 0 Å². The van der Waals surface area contributed by atoms with Crippen molar-refractivity contribution in [1.82, 2.24) is 16.0 Å². The number of anilines is 1. The zero-order valence-electron chi connectivity index (χ0n) is 21.6. The van der Waals surface area contributed by atoms with Gasteiger partial charge in [0.25, 0.3) is 0 Å². The second kappa shape index (κ2) is 12.9. The van der Waals surface area contributed by atoms with E-state index in [1.54, 1.807) is 11.8 Å². The quantitative estimate of drug-likeness (QED) is 0.350. The summed E-state index contributed by atoms with van der Waals surface area (Å²) in [4.78, 5) is 39.3. The lowest BCUT2D eigenvalue weighted by Gasteiger charge is -2.26. The highest BCUT2D eigenvalue weighted by molar-refractivity contribution is 6.00. The van der Waals surface area contributed by atoms with Gasteiger partial charge in [-0.1, -0.05) is 73.7 Å². The molecular formula is C30H34N4O4. The van der Waals surface area contributed by atoms with Crippen molar-refractivity contribution in [2.24, 2.45) is 0 Å². The number of carbonyl (C=O) groups is 3. The first-order valence-corrected chi connectivity index (χ1v) is 13.0. The normalized spacial score (nSPS) is 14.8. The molecule has 8 heteroatoms. The first-order chi connectivity index (χ1) is 18.5. The third-order valence-corrected chi connectivity index (χ3v) is 6.66. The lowest BCUT2D eigenvalue weighted by Crippen LogP contribution is -2.47. The standard InChI is InChI=1S/C30H34N4O4/c1-2-28(36)33-26-16-15-23-7-4-6-10-27(23)34(29(26)37)20-21-11-13-22(14-12-21)25-9-5-3-8-24(25)19-32-30(38)31-17-18-35/h3-14,26,35H,2,15-20H2,1H3,(H,33,36)(H2,31,32,38)/t26-/m1/s1. The van der Waals surface area contributed by atoms with Crippen LogP contribution in [-0.2, 0) is 29.1 Å². The van der Waals surface area contributed by atoms with Gasteiger partial charge in [0.1, 0.15) is 6.04 Å². The molecule has 1 atom stereocenters. The number of urea groups is 1. The Balaban J connectivity index is 1.53. The van der Waals surface area contributed by atoms with E-state index in [1.165, 1.54) is 0 Å². The number of hydrogen-bond donors (Lipinski definition) is 4. The van der Waals surface area contributed by atoms with E-state index in [4.69, 9.17) is 5.11 Å². The molecule has 0 saturated heterocycles. The van der Waals surface area contributed by atoms with Gasteiger partial charge in [0, 0.05) is 25.2 Å². The lowest BCUT2D eigenvalue weighted by atomic mass is 9.98. The largest absolute Gasteiger partial charge is 0.395 e. The van der Waals surface area contributed by atoms with Crippen LogP contribution >= 0.6 is 0 Å².